The van der Waals surface area contributed by atoms with Crippen LogP contribution in [0.3, 0.4) is 0 Å². The summed E-state index contributed by atoms with van der Waals surface area (Å²) in [6, 6.07) is 17.9. The Balaban J connectivity index is 1.91. The fraction of sp³-hybridized carbons (Fsp3) is 0.455. The third-order valence-electron chi connectivity index (χ3n) is 5.43. The zero-order valence-electron chi connectivity index (χ0n) is 15.2. The van der Waals surface area contributed by atoms with E-state index < -0.39 is 0 Å². The Morgan fingerprint density at radius 3 is 2.08 bits per heavy atom. The highest BCUT2D eigenvalue weighted by Crippen LogP contribution is 2.37. The third kappa shape index (κ3) is 3.40. The van der Waals surface area contributed by atoms with E-state index in [1.165, 1.54) is 22.3 Å². The molecule has 4 N–H and O–H groups in total. The Morgan fingerprint density at radius 2 is 1.50 bits per heavy atom. The lowest BCUT2D eigenvalue weighted by molar-refractivity contribution is 0.278. The quantitative estimate of drug-likeness (QED) is 0.841. The summed E-state index contributed by atoms with van der Waals surface area (Å²) < 4.78 is 0. The van der Waals surface area contributed by atoms with Crippen LogP contribution in [0.5, 0.6) is 0 Å². The summed E-state index contributed by atoms with van der Waals surface area (Å²) in [7, 11) is 0. The second kappa shape index (κ2) is 6.34. The third-order valence-corrected chi connectivity index (χ3v) is 5.43. The van der Waals surface area contributed by atoms with Crippen LogP contribution in [0.25, 0.3) is 11.1 Å². The van der Waals surface area contributed by atoms with Crippen LogP contribution in [0.1, 0.15) is 57.6 Å². The van der Waals surface area contributed by atoms with Gasteiger partial charge in [0.2, 0.25) is 0 Å². The smallest absolute Gasteiger partial charge is 0.0410 e. The normalized spacial score (nSPS) is 24.8. The van der Waals surface area contributed by atoms with Gasteiger partial charge in [-0.2, -0.15) is 0 Å². The minimum atomic E-state index is -0.210. The predicted octanol–water partition coefficient (Wildman–Crippen LogP) is 4.71. The minimum Gasteiger partial charge on any atom is -0.328 e. The highest BCUT2D eigenvalue weighted by Gasteiger charge is 2.32. The molecular formula is C22H30N2. The van der Waals surface area contributed by atoms with Crippen LogP contribution < -0.4 is 11.5 Å². The minimum absolute atomic E-state index is 0.129. The van der Waals surface area contributed by atoms with Crippen molar-refractivity contribution >= 4 is 0 Å². The Kier molecular flexibility index (Phi) is 4.54. The van der Waals surface area contributed by atoms with Crippen molar-refractivity contribution in [3.05, 3.63) is 59.7 Å². The molecule has 24 heavy (non-hydrogen) atoms. The fourth-order valence-corrected chi connectivity index (χ4v) is 3.81. The van der Waals surface area contributed by atoms with Gasteiger partial charge in [-0.1, -0.05) is 69.3 Å². The van der Waals surface area contributed by atoms with Gasteiger partial charge in [0.05, 0.1) is 0 Å². The van der Waals surface area contributed by atoms with E-state index in [0.29, 0.717) is 6.04 Å². The first-order valence-corrected chi connectivity index (χ1v) is 9.04. The van der Waals surface area contributed by atoms with E-state index in [9.17, 15) is 0 Å². The van der Waals surface area contributed by atoms with Crippen LogP contribution in [0.2, 0.25) is 0 Å². The van der Waals surface area contributed by atoms with E-state index in [1.54, 1.807) is 0 Å². The maximum Gasteiger partial charge on any atom is 0.0410 e. The van der Waals surface area contributed by atoms with Crippen molar-refractivity contribution in [2.24, 2.45) is 11.5 Å². The van der Waals surface area contributed by atoms with Crippen LogP contribution >= 0.6 is 0 Å². The van der Waals surface area contributed by atoms with Gasteiger partial charge in [0, 0.05) is 11.6 Å². The molecule has 1 saturated carbocycles. The van der Waals surface area contributed by atoms with Gasteiger partial charge in [0.1, 0.15) is 0 Å². The summed E-state index contributed by atoms with van der Waals surface area (Å²) in [5.74, 6) is 0. The molecule has 2 aromatic rings. The molecule has 128 valence electrons. The van der Waals surface area contributed by atoms with E-state index in [-0.39, 0.29) is 11.0 Å². The van der Waals surface area contributed by atoms with Crippen molar-refractivity contribution in [3.8, 4) is 11.1 Å². The standard InChI is InChI=1S/C22H30N2/c1-21(2,3)20-7-5-4-6-19(20)16-8-10-17(11-9-16)22(24)14-12-18(23)13-15-22/h4-11,18H,12-15,23-24H2,1-3H3. The van der Waals surface area contributed by atoms with Crippen molar-refractivity contribution in [2.45, 2.75) is 63.5 Å². The molecule has 0 saturated heterocycles. The Labute approximate surface area is 146 Å². The zero-order chi connectivity index (χ0) is 17.4. The molecular weight excluding hydrogens is 292 g/mol. The average molecular weight is 322 g/mol. The fourth-order valence-electron chi connectivity index (χ4n) is 3.81. The van der Waals surface area contributed by atoms with Gasteiger partial charge < -0.3 is 11.5 Å². The zero-order valence-corrected chi connectivity index (χ0v) is 15.2. The maximum absolute atomic E-state index is 6.67. The molecule has 0 atom stereocenters. The molecule has 0 aromatic heterocycles. The molecule has 1 fully saturated rings. The van der Waals surface area contributed by atoms with Crippen molar-refractivity contribution in [1.29, 1.82) is 0 Å². The summed E-state index contributed by atoms with van der Waals surface area (Å²) >= 11 is 0. The van der Waals surface area contributed by atoms with Gasteiger partial charge in [0.15, 0.2) is 0 Å². The van der Waals surface area contributed by atoms with Gasteiger partial charge in [-0.05, 0) is 53.4 Å². The highest BCUT2D eigenvalue weighted by atomic mass is 14.8. The average Bonchev–Trinajstić information content (AvgIpc) is 2.57. The molecule has 0 aliphatic heterocycles. The summed E-state index contributed by atoms with van der Waals surface area (Å²) in [6.07, 6.45) is 3.99. The lowest BCUT2D eigenvalue weighted by Gasteiger charge is -2.36. The number of hydrogen-bond donors (Lipinski definition) is 2. The molecule has 0 radical (unpaired) electrons. The molecule has 0 spiro atoms. The molecule has 0 unspecified atom stereocenters. The number of hydrogen-bond acceptors (Lipinski definition) is 2. The predicted molar refractivity (Wildman–Crippen MR) is 103 cm³/mol. The van der Waals surface area contributed by atoms with Gasteiger partial charge in [-0.3, -0.25) is 0 Å². The summed E-state index contributed by atoms with van der Waals surface area (Å²) in [5, 5.41) is 0. The molecule has 3 rings (SSSR count). The molecule has 2 aromatic carbocycles. The van der Waals surface area contributed by atoms with Crippen LogP contribution in [-0.4, -0.2) is 6.04 Å². The van der Waals surface area contributed by atoms with Crippen molar-refractivity contribution in [3.63, 3.8) is 0 Å². The second-order valence-corrected chi connectivity index (χ2v) is 8.37. The first-order chi connectivity index (χ1) is 11.3. The molecule has 0 bridgehead atoms. The van der Waals surface area contributed by atoms with Crippen LogP contribution in [0.4, 0.5) is 0 Å². The lowest BCUT2D eigenvalue weighted by atomic mass is 9.75. The van der Waals surface area contributed by atoms with Crippen molar-refractivity contribution in [2.75, 3.05) is 0 Å². The van der Waals surface area contributed by atoms with Gasteiger partial charge in [0.25, 0.3) is 0 Å². The summed E-state index contributed by atoms with van der Waals surface area (Å²) in [5.41, 5.74) is 17.8. The van der Waals surface area contributed by atoms with Gasteiger partial charge in [-0.15, -0.1) is 0 Å². The first kappa shape index (κ1) is 17.2. The van der Waals surface area contributed by atoms with E-state index in [2.05, 4.69) is 69.3 Å². The highest BCUT2D eigenvalue weighted by molar-refractivity contribution is 5.69. The number of benzene rings is 2. The van der Waals surface area contributed by atoms with Gasteiger partial charge in [-0.25, -0.2) is 0 Å². The van der Waals surface area contributed by atoms with Crippen LogP contribution in [0.15, 0.2) is 48.5 Å². The van der Waals surface area contributed by atoms with E-state index >= 15 is 0 Å². The van der Waals surface area contributed by atoms with E-state index in [0.717, 1.165) is 25.7 Å². The molecule has 0 heterocycles. The summed E-state index contributed by atoms with van der Waals surface area (Å²) in [4.78, 5) is 0. The van der Waals surface area contributed by atoms with E-state index in [1.807, 2.05) is 0 Å². The van der Waals surface area contributed by atoms with Crippen molar-refractivity contribution in [1.82, 2.24) is 0 Å². The second-order valence-electron chi connectivity index (χ2n) is 8.37. The molecule has 1 aliphatic carbocycles. The summed E-state index contributed by atoms with van der Waals surface area (Å²) in [6.45, 7) is 6.79. The SMILES string of the molecule is CC(C)(C)c1ccccc1-c1ccc(C2(N)CCC(N)CC2)cc1. The van der Waals surface area contributed by atoms with Crippen molar-refractivity contribution < 1.29 is 0 Å². The van der Waals surface area contributed by atoms with Crippen LogP contribution in [0, 0.1) is 0 Å². The number of rotatable bonds is 2. The first-order valence-electron chi connectivity index (χ1n) is 9.04. The maximum atomic E-state index is 6.67. The van der Waals surface area contributed by atoms with Crippen LogP contribution in [-0.2, 0) is 11.0 Å². The topological polar surface area (TPSA) is 52.0 Å². The van der Waals surface area contributed by atoms with Gasteiger partial charge >= 0.3 is 0 Å². The molecule has 0 amide bonds. The Hall–Kier alpha value is -1.64. The Morgan fingerprint density at radius 1 is 0.917 bits per heavy atom. The number of nitrogens with two attached hydrogens (primary N) is 2. The lowest BCUT2D eigenvalue weighted by Crippen LogP contribution is -2.43. The molecule has 1 aliphatic rings. The largest absolute Gasteiger partial charge is 0.328 e. The molecule has 2 heteroatoms. The van der Waals surface area contributed by atoms with E-state index in [4.69, 9.17) is 11.5 Å². The Bertz CT molecular complexity index is 687. The monoisotopic (exact) mass is 322 g/mol. The molecule has 2 nitrogen and oxygen atoms in total.